The third-order valence-electron chi connectivity index (χ3n) is 4.78. The number of aromatic nitrogens is 2. The van der Waals surface area contributed by atoms with E-state index in [4.69, 9.17) is 0 Å². The smallest absolute Gasteiger partial charge is 0.135 e. The van der Waals surface area contributed by atoms with Gasteiger partial charge in [0.25, 0.3) is 0 Å². The summed E-state index contributed by atoms with van der Waals surface area (Å²) in [5, 5.41) is 3.58. The molecular formula is C17H28N4. The first kappa shape index (κ1) is 14.8. The molecule has 0 aromatic carbocycles. The third-order valence-corrected chi connectivity index (χ3v) is 4.78. The zero-order valence-electron chi connectivity index (χ0n) is 13.3. The van der Waals surface area contributed by atoms with Gasteiger partial charge in [-0.1, -0.05) is 6.92 Å². The molecule has 1 aromatic heterocycles. The normalized spacial score (nSPS) is 22.1. The second-order valence-electron chi connectivity index (χ2n) is 6.49. The van der Waals surface area contributed by atoms with Crippen LogP contribution in [0, 0.1) is 5.92 Å². The number of hydrogen-bond acceptors (Lipinski definition) is 4. The fourth-order valence-electron chi connectivity index (χ4n) is 3.68. The molecule has 0 saturated carbocycles. The van der Waals surface area contributed by atoms with E-state index in [2.05, 4.69) is 27.1 Å². The van der Waals surface area contributed by atoms with Crippen molar-refractivity contribution in [2.75, 3.05) is 31.1 Å². The van der Waals surface area contributed by atoms with Gasteiger partial charge in [0.05, 0.1) is 0 Å². The Hall–Kier alpha value is -1.16. The number of anilines is 1. The summed E-state index contributed by atoms with van der Waals surface area (Å²) >= 11 is 0. The molecule has 0 radical (unpaired) electrons. The molecule has 0 bridgehead atoms. The molecule has 1 aromatic rings. The number of hydrogen-bond donors (Lipinski definition) is 1. The zero-order chi connectivity index (χ0) is 14.5. The second-order valence-corrected chi connectivity index (χ2v) is 6.49. The van der Waals surface area contributed by atoms with Crippen molar-refractivity contribution in [2.24, 2.45) is 5.92 Å². The van der Waals surface area contributed by atoms with Crippen molar-refractivity contribution in [1.29, 1.82) is 0 Å². The van der Waals surface area contributed by atoms with Gasteiger partial charge in [-0.05, 0) is 64.0 Å². The van der Waals surface area contributed by atoms with Crippen LogP contribution in [0.25, 0.3) is 0 Å². The Labute approximate surface area is 128 Å². The molecule has 0 amide bonds. The van der Waals surface area contributed by atoms with Gasteiger partial charge in [-0.25, -0.2) is 9.97 Å². The molecule has 2 heterocycles. The van der Waals surface area contributed by atoms with E-state index in [9.17, 15) is 0 Å². The predicted molar refractivity (Wildman–Crippen MR) is 86.8 cm³/mol. The van der Waals surface area contributed by atoms with E-state index in [1.165, 1.54) is 55.6 Å². The van der Waals surface area contributed by atoms with Crippen LogP contribution >= 0.6 is 0 Å². The zero-order valence-corrected chi connectivity index (χ0v) is 13.3. The van der Waals surface area contributed by atoms with Gasteiger partial charge in [-0.15, -0.1) is 0 Å². The molecule has 1 atom stereocenters. The molecule has 21 heavy (non-hydrogen) atoms. The summed E-state index contributed by atoms with van der Waals surface area (Å²) in [6.07, 6.45) is 10.5. The van der Waals surface area contributed by atoms with Gasteiger partial charge in [0.15, 0.2) is 0 Å². The van der Waals surface area contributed by atoms with Crippen LogP contribution in [0.3, 0.4) is 0 Å². The van der Waals surface area contributed by atoms with Gasteiger partial charge in [0.1, 0.15) is 12.1 Å². The van der Waals surface area contributed by atoms with E-state index in [1.54, 1.807) is 6.33 Å². The molecule has 1 N–H and O–H groups in total. The topological polar surface area (TPSA) is 41.0 Å². The Morgan fingerprint density at radius 1 is 1.24 bits per heavy atom. The molecule has 3 rings (SSSR count). The second kappa shape index (κ2) is 7.21. The molecule has 1 aliphatic heterocycles. The molecule has 2 aliphatic rings. The Balaban J connectivity index is 1.68. The van der Waals surface area contributed by atoms with E-state index in [0.717, 1.165) is 38.5 Å². The van der Waals surface area contributed by atoms with Crippen LogP contribution in [0.2, 0.25) is 0 Å². The van der Waals surface area contributed by atoms with Crippen LogP contribution < -0.4 is 10.2 Å². The summed E-state index contributed by atoms with van der Waals surface area (Å²) in [4.78, 5) is 11.7. The lowest BCUT2D eigenvalue weighted by molar-refractivity contribution is 0.390. The average molecular weight is 288 g/mol. The highest BCUT2D eigenvalue weighted by molar-refractivity contribution is 5.49. The molecule has 116 valence electrons. The summed E-state index contributed by atoms with van der Waals surface area (Å²) in [6, 6.07) is 0. The summed E-state index contributed by atoms with van der Waals surface area (Å²) in [5.74, 6) is 2.00. The highest BCUT2D eigenvalue weighted by Crippen LogP contribution is 2.29. The first-order chi connectivity index (χ1) is 10.4. The van der Waals surface area contributed by atoms with Crippen molar-refractivity contribution in [3.05, 3.63) is 17.6 Å². The monoisotopic (exact) mass is 288 g/mol. The quantitative estimate of drug-likeness (QED) is 0.846. The van der Waals surface area contributed by atoms with Crippen molar-refractivity contribution >= 4 is 5.82 Å². The van der Waals surface area contributed by atoms with Crippen molar-refractivity contribution in [3.8, 4) is 0 Å². The number of nitrogens with zero attached hydrogens (tertiary/aromatic N) is 3. The molecule has 1 fully saturated rings. The molecule has 4 heteroatoms. The SMILES string of the molecule is CCCNCC1CCCN(c2ncnc3c2CCCC3)C1. The van der Waals surface area contributed by atoms with Crippen LogP contribution in [-0.4, -0.2) is 36.1 Å². The number of piperidine rings is 1. The van der Waals surface area contributed by atoms with E-state index in [1.807, 2.05) is 0 Å². The van der Waals surface area contributed by atoms with E-state index < -0.39 is 0 Å². The summed E-state index contributed by atoms with van der Waals surface area (Å²) in [7, 11) is 0. The maximum Gasteiger partial charge on any atom is 0.135 e. The van der Waals surface area contributed by atoms with Crippen LogP contribution in [0.5, 0.6) is 0 Å². The summed E-state index contributed by atoms with van der Waals surface area (Å²) in [6.45, 7) is 6.83. The molecular weight excluding hydrogens is 260 g/mol. The molecule has 4 nitrogen and oxygen atoms in total. The lowest BCUT2D eigenvalue weighted by Crippen LogP contribution is -2.41. The Morgan fingerprint density at radius 2 is 2.14 bits per heavy atom. The van der Waals surface area contributed by atoms with Crippen LogP contribution in [0.15, 0.2) is 6.33 Å². The molecule has 1 saturated heterocycles. The molecule has 0 spiro atoms. The van der Waals surface area contributed by atoms with Gasteiger partial charge in [0, 0.05) is 24.3 Å². The van der Waals surface area contributed by atoms with Gasteiger partial charge < -0.3 is 10.2 Å². The Bertz CT molecular complexity index is 460. The van der Waals surface area contributed by atoms with Gasteiger partial charge in [-0.3, -0.25) is 0 Å². The fraction of sp³-hybridized carbons (Fsp3) is 0.765. The van der Waals surface area contributed by atoms with Gasteiger partial charge in [-0.2, -0.15) is 0 Å². The number of aryl methyl sites for hydroxylation is 1. The van der Waals surface area contributed by atoms with Crippen molar-refractivity contribution < 1.29 is 0 Å². The highest BCUT2D eigenvalue weighted by Gasteiger charge is 2.24. The lowest BCUT2D eigenvalue weighted by atomic mass is 9.94. The van der Waals surface area contributed by atoms with Gasteiger partial charge in [0.2, 0.25) is 0 Å². The third kappa shape index (κ3) is 3.54. The predicted octanol–water partition coefficient (Wildman–Crippen LogP) is 2.57. The lowest BCUT2D eigenvalue weighted by Gasteiger charge is -2.35. The Kier molecular flexibility index (Phi) is 5.07. The van der Waals surface area contributed by atoms with Gasteiger partial charge >= 0.3 is 0 Å². The molecule has 1 aliphatic carbocycles. The van der Waals surface area contributed by atoms with Crippen LogP contribution in [0.4, 0.5) is 5.82 Å². The summed E-state index contributed by atoms with van der Waals surface area (Å²) < 4.78 is 0. The number of nitrogens with one attached hydrogen (secondary N) is 1. The largest absolute Gasteiger partial charge is 0.356 e. The molecule has 1 unspecified atom stereocenters. The average Bonchev–Trinajstić information content (AvgIpc) is 2.55. The maximum absolute atomic E-state index is 4.64. The highest BCUT2D eigenvalue weighted by atomic mass is 15.2. The van der Waals surface area contributed by atoms with Crippen molar-refractivity contribution in [2.45, 2.75) is 51.9 Å². The minimum absolute atomic E-state index is 0.763. The van der Waals surface area contributed by atoms with Crippen molar-refractivity contribution in [1.82, 2.24) is 15.3 Å². The standard InChI is InChI=1S/C17H28N4/c1-2-9-18-11-14-6-5-10-21(12-14)17-15-7-3-4-8-16(15)19-13-20-17/h13-14,18H,2-12H2,1H3. The number of rotatable bonds is 5. The minimum Gasteiger partial charge on any atom is -0.356 e. The first-order valence-corrected chi connectivity index (χ1v) is 8.67. The Morgan fingerprint density at radius 3 is 3.05 bits per heavy atom. The van der Waals surface area contributed by atoms with Crippen LogP contribution in [0.1, 0.15) is 50.3 Å². The van der Waals surface area contributed by atoms with E-state index in [0.29, 0.717) is 0 Å². The maximum atomic E-state index is 4.64. The first-order valence-electron chi connectivity index (χ1n) is 8.67. The summed E-state index contributed by atoms with van der Waals surface area (Å²) in [5.41, 5.74) is 2.74. The van der Waals surface area contributed by atoms with E-state index in [-0.39, 0.29) is 0 Å². The van der Waals surface area contributed by atoms with E-state index >= 15 is 0 Å². The number of fused-ring (bicyclic) bond motifs is 1. The van der Waals surface area contributed by atoms with Crippen molar-refractivity contribution in [3.63, 3.8) is 0 Å². The van der Waals surface area contributed by atoms with Crippen LogP contribution in [-0.2, 0) is 12.8 Å². The minimum atomic E-state index is 0.763. The fourth-order valence-corrected chi connectivity index (χ4v) is 3.68.